The number of aryl methyl sites for hydroxylation is 1. The van der Waals surface area contributed by atoms with Gasteiger partial charge < -0.3 is 4.98 Å². The van der Waals surface area contributed by atoms with Gasteiger partial charge in [0.15, 0.2) is 0 Å². The molecular weight excluding hydrogens is 208 g/mol. The van der Waals surface area contributed by atoms with Crippen molar-refractivity contribution in [2.24, 2.45) is 0 Å². The van der Waals surface area contributed by atoms with Crippen molar-refractivity contribution >= 4 is 0 Å². The maximum Gasteiger partial charge on any atom is 0.137 e. The second-order valence-electron chi connectivity index (χ2n) is 4.45. The molecule has 0 aliphatic rings. The molecule has 1 N–H and O–H groups in total. The SMILES string of the molecule is CCCCCCc1cccc(-c2ncc[nH]2)c1. The number of rotatable bonds is 6. The van der Waals surface area contributed by atoms with Crippen LogP contribution in [0.15, 0.2) is 36.7 Å². The van der Waals surface area contributed by atoms with E-state index in [1.807, 2.05) is 6.20 Å². The van der Waals surface area contributed by atoms with Gasteiger partial charge >= 0.3 is 0 Å². The molecule has 0 bridgehead atoms. The van der Waals surface area contributed by atoms with E-state index in [4.69, 9.17) is 0 Å². The van der Waals surface area contributed by atoms with Crippen molar-refractivity contribution in [1.82, 2.24) is 9.97 Å². The molecule has 1 aromatic heterocycles. The van der Waals surface area contributed by atoms with Gasteiger partial charge in [-0.2, -0.15) is 0 Å². The summed E-state index contributed by atoms with van der Waals surface area (Å²) in [5.74, 6) is 0.959. The summed E-state index contributed by atoms with van der Waals surface area (Å²) in [5.41, 5.74) is 2.60. The molecule has 2 rings (SSSR count). The first-order valence-electron chi connectivity index (χ1n) is 6.49. The second-order valence-corrected chi connectivity index (χ2v) is 4.45. The lowest BCUT2D eigenvalue weighted by atomic mass is 10.0. The maximum atomic E-state index is 4.28. The van der Waals surface area contributed by atoms with Crippen LogP contribution in [0.2, 0.25) is 0 Å². The summed E-state index contributed by atoms with van der Waals surface area (Å²) in [4.78, 5) is 7.43. The Morgan fingerprint density at radius 2 is 2.12 bits per heavy atom. The third-order valence-corrected chi connectivity index (χ3v) is 3.02. The number of benzene rings is 1. The molecule has 0 unspecified atom stereocenters. The smallest absolute Gasteiger partial charge is 0.137 e. The predicted octanol–water partition coefficient (Wildman–Crippen LogP) is 4.20. The highest BCUT2D eigenvalue weighted by Crippen LogP contribution is 2.17. The van der Waals surface area contributed by atoms with E-state index in [9.17, 15) is 0 Å². The van der Waals surface area contributed by atoms with Crippen molar-refractivity contribution in [3.8, 4) is 11.4 Å². The number of aromatic amines is 1. The lowest BCUT2D eigenvalue weighted by Gasteiger charge is -2.03. The number of unbranched alkanes of at least 4 members (excludes halogenated alkanes) is 3. The zero-order valence-electron chi connectivity index (χ0n) is 10.4. The Kier molecular flexibility index (Phi) is 4.37. The Morgan fingerprint density at radius 1 is 1.18 bits per heavy atom. The molecule has 0 aliphatic carbocycles. The summed E-state index contributed by atoms with van der Waals surface area (Å²) >= 11 is 0. The predicted molar refractivity (Wildman–Crippen MR) is 71.9 cm³/mol. The van der Waals surface area contributed by atoms with Gasteiger partial charge in [-0.15, -0.1) is 0 Å². The van der Waals surface area contributed by atoms with Gasteiger partial charge in [-0.25, -0.2) is 4.98 Å². The molecule has 0 spiro atoms. The lowest BCUT2D eigenvalue weighted by molar-refractivity contribution is 0.667. The van der Waals surface area contributed by atoms with Crippen LogP contribution in [-0.4, -0.2) is 9.97 Å². The maximum absolute atomic E-state index is 4.28. The van der Waals surface area contributed by atoms with Gasteiger partial charge in [0.2, 0.25) is 0 Å². The summed E-state index contributed by atoms with van der Waals surface area (Å²) in [6.45, 7) is 2.25. The number of H-pyrrole nitrogens is 1. The molecule has 0 saturated heterocycles. The highest BCUT2D eigenvalue weighted by Gasteiger charge is 2.00. The molecule has 0 amide bonds. The molecule has 0 saturated carbocycles. The van der Waals surface area contributed by atoms with E-state index in [-0.39, 0.29) is 0 Å². The molecule has 2 nitrogen and oxygen atoms in total. The fourth-order valence-corrected chi connectivity index (χ4v) is 2.05. The molecule has 0 radical (unpaired) electrons. The first kappa shape index (κ1) is 11.9. The van der Waals surface area contributed by atoms with Gasteiger partial charge in [0.1, 0.15) is 5.82 Å². The largest absolute Gasteiger partial charge is 0.345 e. The molecule has 0 aliphatic heterocycles. The van der Waals surface area contributed by atoms with Crippen molar-refractivity contribution in [2.45, 2.75) is 39.0 Å². The Morgan fingerprint density at radius 3 is 2.88 bits per heavy atom. The van der Waals surface area contributed by atoms with E-state index in [1.165, 1.54) is 43.2 Å². The normalized spacial score (nSPS) is 10.6. The van der Waals surface area contributed by atoms with Crippen molar-refractivity contribution in [2.75, 3.05) is 0 Å². The minimum atomic E-state index is 0.959. The van der Waals surface area contributed by atoms with Gasteiger partial charge in [0, 0.05) is 18.0 Å². The van der Waals surface area contributed by atoms with Gasteiger partial charge in [-0.3, -0.25) is 0 Å². The highest BCUT2D eigenvalue weighted by atomic mass is 14.9. The third-order valence-electron chi connectivity index (χ3n) is 3.02. The highest BCUT2D eigenvalue weighted by molar-refractivity contribution is 5.55. The molecule has 0 atom stereocenters. The molecule has 1 heterocycles. The van der Waals surface area contributed by atoms with Crippen LogP contribution in [0.3, 0.4) is 0 Å². The van der Waals surface area contributed by atoms with Crippen LogP contribution in [0.1, 0.15) is 38.2 Å². The van der Waals surface area contributed by atoms with Crippen molar-refractivity contribution < 1.29 is 0 Å². The first-order chi connectivity index (χ1) is 8.40. The minimum absolute atomic E-state index is 0.959. The van der Waals surface area contributed by atoms with E-state index < -0.39 is 0 Å². The lowest BCUT2D eigenvalue weighted by Crippen LogP contribution is -1.88. The van der Waals surface area contributed by atoms with E-state index >= 15 is 0 Å². The van der Waals surface area contributed by atoms with E-state index in [2.05, 4.69) is 41.2 Å². The molecular formula is C15H20N2. The number of hydrogen-bond acceptors (Lipinski definition) is 1. The topological polar surface area (TPSA) is 28.7 Å². The van der Waals surface area contributed by atoms with Crippen LogP contribution >= 0.6 is 0 Å². The molecule has 2 heteroatoms. The molecule has 0 fully saturated rings. The van der Waals surface area contributed by atoms with Crippen LogP contribution in [0.4, 0.5) is 0 Å². The van der Waals surface area contributed by atoms with E-state index in [0.717, 1.165) is 5.82 Å². The van der Waals surface area contributed by atoms with Crippen molar-refractivity contribution in [3.05, 3.63) is 42.2 Å². The number of hydrogen-bond donors (Lipinski definition) is 1. The summed E-state index contributed by atoms with van der Waals surface area (Å²) in [5, 5.41) is 0. The monoisotopic (exact) mass is 228 g/mol. The van der Waals surface area contributed by atoms with Gasteiger partial charge in [-0.1, -0.05) is 44.4 Å². The quantitative estimate of drug-likeness (QED) is 0.737. The van der Waals surface area contributed by atoms with Crippen molar-refractivity contribution in [3.63, 3.8) is 0 Å². The Labute approximate surface area is 103 Å². The summed E-state index contributed by atoms with van der Waals surface area (Å²) < 4.78 is 0. The molecule has 90 valence electrons. The Hall–Kier alpha value is -1.57. The number of imidazole rings is 1. The van der Waals surface area contributed by atoms with Crippen LogP contribution in [0.5, 0.6) is 0 Å². The number of aromatic nitrogens is 2. The second kappa shape index (κ2) is 6.24. The summed E-state index contributed by atoms with van der Waals surface area (Å²) in [6, 6.07) is 8.67. The van der Waals surface area contributed by atoms with Crippen LogP contribution in [-0.2, 0) is 6.42 Å². The zero-order valence-corrected chi connectivity index (χ0v) is 10.4. The summed E-state index contributed by atoms with van der Waals surface area (Å²) in [6.07, 6.45) is 10.1. The van der Waals surface area contributed by atoms with Crippen LogP contribution in [0.25, 0.3) is 11.4 Å². The Balaban J connectivity index is 1.97. The van der Waals surface area contributed by atoms with Crippen LogP contribution < -0.4 is 0 Å². The van der Waals surface area contributed by atoms with Crippen LogP contribution in [0, 0.1) is 0 Å². The molecule has 1 aromatic carbocycles. The fourth-order valence-electron chi connectivity index (χ4n) is 2.05. The third kappa shape index (κ3) is 3.45. The average Bonchev–Trinajstić information content (AvgIpc) is 2.89. The summed E-state index contributed by atoms with van der Waals surface area (Å²) in [7, 11) is 0. The van der Waals surface area contributed by atoms with E-state index in [1.54, 1.807) is 6.20 Å². The van der Waals surface area contributed by atoms with Gasteiger partial charge in [0.05, 0.1) is 0 Å². The average molecular weight is 228 g/mol. The first-order valence-corrected chi connectivity index (χ1v) is 6.49. The molecule has 17 heavy (non-hydrogen) atoms. The van der Waals surface area contributed by atoms with Crippen molar-refractivity contribution in [1.29, 1.82) is 0 Å². The van der Waals surface area contributed by atoms with Gasteiger partial charge in [-0.05, 0) is 24.5 Å². The Bertz CT molecular complexity index is 432. The zero-order chi connectivity index (χ0) is 11.9. The fraction of sp³-hybridized carbons (Fsp3) is 0.400. The van der Waals surface area contributed by atoms with Gasteiger partial charge in [0.25, 0.3) is 0 Å². The number of nitrogens with zero attached hydrogens (tertiary/aromatic N) is 1. The standard InChI is InChI=1S/C15H20N2/c1-2-3-4-5-7-13-8-6-9-14(12-13)15-16-10-11-17-15/h6,8-12H,2-5,7H2,1H3,(H,16,17). The molecule has 2 aromatic rings. The van der Waals surface area contributed by atoms with E-state index in [0.29, 0.717) is 0 Å². The number of nitrogens with one attached hydrogen (secondary N) is 1. The minimum Gasteiger partial charge on any atom is -0.345 e.